The van der Waals surface area contributed by atoms with Crippen molar-refractivity contribution in [2.45, 2.75) is 19.3 Å². The Morgan fingerprint density at radius 1 is 1.46 bits per heavy atom. The number of amides is 1. The molecule has 13 heavy (non-hydrogen) atoms. The van der Waals surface area contributed by atoms with Crippen molar-refractivity contribution in [1.29, 1.82) is 0 Å². The summed E-state index contributed by atoms with van der Waals surface area (Å²) in [5.74, 6) is 0.748. The van der Waals surface area contributed by atoms with E-state index in [-0.39, 0.29) is 5.91 Å². The van der Waals surface area contributed by atoms with Crippen LogP contribution in [0.3, 0.4) is 0 Å². The molecule has 0 aromatic heterocycles. The van der Waals surface area contributed by atoms with Crippen molar-refractivity contribution in [2.24, 2.45) is 11.7 Å². The van der Waals surface area contributed by atoms with Gasteiger partial charge in [-0.15, -0.1) is 0 Å². The monoisotopic (exact) mass is 185 g/mol. The summed E-state index contributed by atoms with van der Waals surface area (Å²) < 4.78 is 0. The minimum absolute atomic E-state index is 0.184. The van der Waals surface area contributed by atoms with Crippen LogP contribution in [-0.2, 0) is 4.79 Å². The molecule has 0 unspecified atom stereocenters. The van der Waals surface area contributed by atoms with E-state index >= 15 is 0 Å². The van der Waals surface area contributed by atoms with Crippen molar-refractivity contribution in [2.75, 3.05) is 26.2 Å². The molecule has 0 aromatic rings. The number of carbonyl (C=O) groups excluding carboxylic acids is 1. The first-order valence-electron chi connectivity index (χ1n) is 5.00. The largest absolute Gasteiger partial charge is 0.356 e. The van der Waals surface area contributed by atoms with Crippen LogP contribution in [-0.4, -0.2) is 32.1 Å². The molecule has 0 bridgehead atoms. The zero-order valence-electron chi connectivity index (χ0n) is 8.01. The molecule has 1 fully saturated rings. The first-order valence-corrected chi connectivity index (χ1v) is 5.00. The van der Waals surface area contributed by atoms with Gasteiger partial charge >= 0.3 is 0 Å². The Bertz CT molecular complexity index is 157. The number of rotatable bonds is 6. The zero-order valence-corrected chi connectivity index (χ0v) is 8.01. The van der Waals surface area contributed by atoms with E-state index in [0.717, 1.165) is 32.5 Å². The molecule has 4 heteroatoms. The molecule has 0 saturated carbocycles. The third kappa shape index (κ3) is 4.24. The van der Waals surface area contributed by atoms with Crippen molar-refractivity contribution in [3.05, 3.63) is 0 Å². The van der Waals surface area contributed by atoms with Crippen molar-refractivity contribution < 1.29 is 4.79 Å². The van der Waals surface area contributed by atoms with Gasteiger partial charge in [-0.2, -0.15) is 0 Å². The lowest BCUT2D eigenvalue weighted by Crippen LogP contribution is -2.44. The number of nitrogens with one attached hydrogen (secondary N) is 2. The average molecular weight is 185 g/mol. The van der Waals surface area contributed by atoms with Gasteiger partial charge in [0.05, 0.1) is 0 Å². The highest BCUT2D eigenvalue weighted by molar-refractivity contribution is 5.76. The van der Waals surface area contributed by atoms with Gasteiger partial charge in [0, 0.05) is 13.0 Å². The zero-order chi connectivity index (χ0) is 9.52. The maximum absolute atomic E-state index is 11.2. The average Bonchev–Trinajstić information content (AvgIpc) is 2.06. The minimum Gasteiger partial charge on any atom is -0.356 e. The molecule has 1 heterocycles. The van der Waals surface area contributed by atoms with E-state index in [1.54, 1.807) is 0 Å². The van der Waals surface area contributed by atoms with Crippen LogP contribution >= 0.6 is 0 Å². The quantitative estimate of drug-likeness (QED) is 0.486. The van der Waals surface area contributed by atoms with Gasteiger partial charge in [0.25, 0.3) is 0 Å². The molecule has 1 aliphatic heterocycles. The molecule has 1 aliphatic rings. The Morgan fingerprint density at radius 3 is 2.77 bits per heavy atom. The lowest BCUT2D eigenvalue weighted by molar-refractivity contribution is -0.122. The molecule has 0 aliphatic carbocycles. The van der Waals surface area contributed by atoms with Crippen molar-refractivity contribution >= 4 is 5.91 Å². The number of hydrogen-bond acceptors (Lipinski definition) is 3. The van der Waals surface area contributed by atoms with Crippen LogP contribution in [0.2, 0.25) is 0 Å². The van der Waals surface area contributed by atoms with Gasteiger partial charge in [0.15, 0.2) is 0 Å². The molecule has 0 atom stereocenters. The van der Waals surface area contributed by atoms with E-state index < -0.39 is 0 Å². The van der Waals surface area contributed by atoms with Gasteiger partial charge in [0.1, 0.15) is 0 Å². The second kappa shape index (κ2) is 5.94. The highest BCUT2D eigenvalue weighted by Gasteiger charge is 2.19. The van der Waals surface area contributed by atoms with Crippen molar-refractivity contribution in [3.63, 3.8) is 0 Å². The fourth-order valence-corrected chi connectivity index (χ4v) is 1.32. The third-order valence-corrected chi connectivity index (χ3v) is 2.29. The topological polar surface area (TPSA) is 67.1 Å². The molecule has 1 amide bonds. The standard InChI is InChI=1S/C9H19N3O/c10-3-1-2-4-12-9(13)5-8-6-11-7-8/h8,11H,1-7,10H2,(H,12,13). The van der Waals surface area contributed by atoms with Gasteiger partial charge in [-0.3, -0.25) is 4.79 Å². The Kier molecular flexibility index (Phi) is 4.78. The molecular formula is C9H19N3O. The first kappa shape index (κ1) is 10.5. The van der Waals surface area contributed by atoms with Crippen LogP contribution < -0.4 is 16.4 Å². The summed E-state index contributed by atoms with van der Waals surface area (Å²) in [5, 5.41) is 6.04. The highest BCUT2D eigenvalue weighted by Crippen LogP contribution is 2.07. The number of nitrogens with two attached hydrogens (primary N) is 1. The van der Waals surface area contributed by atoms with Crippen LogP contribution in [0, 0.1) is 5.92 Å². The van der Waals surface area contributed by atoms with E-state index in [1.165, 1.54) is 0 Å². The number of carbonyl (C=O) groups is 1. The normalized spacial score (nSPS) is 16.7. The molecule has 0 radical (unpaired) electrons. The number of unbranched alkanes of at least 4 members (excludes halogenated alkanes) is 1. The number of hydrogen-bond donors (Lipinski definition) is 3. The summed E-state index contributed by atoms with van der Waals surface area (Å²) >= 11 is 0. The lowest BCUT2D eigenvalue weighted by atomic mass is 9.99. The van der Waals surface area contributed by atoms with Crippen LogP contribution in [0.25, 0.3) is 0 Å². The Balaban J connectivity index is 1.91. The predicted molar refractivity (Wildman–Crippen MR) is 52.3 cm³/mol. The molecule has 4 nitrogen and oxygen atoms in total. The Labute approximate surface area is 79.3 Å². The van der Waals surface area contributed by atoms with E-state index in [0.29, 0.717) is 18.9 Å². The van der Waals surface area contributed by atoms with Gasteiger partial charge in [-0.05, 0) is 38.4 Å². The van der Waals surface area contributed by atoms with E-state index in [9.17, 15) is 4.79 Å². The predicted octanol–water partition coefficient (Wildman–Crippen LogP) is -0.549. The molecule has 1 rings (SSSR count). The Hall–Kier alpha value is -0.610. The second-order valence-corrected chi connectivity index (χ2v) is 3.57. The van der Waals surface area contributed by atoms with Gasteiger partial charge < -0.3 is 16.4 Å². The van der Waals surface area contributed by atoms with Gasteiger partial charge in [0.2, 0.25) is 5.91 Å². The summed E-state index contributed by atoms with van der Waals surface area (Å²) in [6.07, 6.45) is 2.66. The maximum atomic E-state index is 11.2. The fourth-order valence-electron chi connectivity index (χ4n) is 1.32. The summed E-state index contributed by atoms with van der Waals surface area (Å²) in [6.45, 7) is 3.48. The summed E-state index contributed by atoms with van der Waals surface area (Å²) in [6, 6.07) is 0. The van der Waals surface area contributed by atoms with Crippen LogP contribution in [0.1, 0.15) is 19.3 Å². The van der Waals surface area contributed by atoms with E-state index in [4.69, 9.17) is 5.73 Å². The van der Waals surface area contributed by atoms with Crippen molar-refractivity contribution in [3.8, 4) is 0 Å². The molecular weight excluding hydrogens is 166 g/mol. The van der Waals surface area contributed by atoms with E-state index in [2.05, 4.69) is 10.6 Å². The summed E-state index contributed by atoms with van der Waals surface area (Å²) in [7, 11) is 0. The molecule has 4 N–H and O–H groups in total. The van der Waals surface area contributed by atoms with E-state index in [1.807, 2.05) is 0 Å². The smallest absolute Gasteiger partial charge is 0.220 e. The van der Waals surface area contributed by atoms with Gasteiger partial charge in [-0.25, -0.2) is 0 Å². The van der Waals surface area contributed by atoms with Crippen molar-refractivity contribution in [1.82, 2.24) is 10.6 Å². The second-order valence-electron chi connectivity index (χ2n) is 3.57. The molecule has 0 spiro atoms. The molecule has 76 valence electrons. The molecule has 1 saturated heterocycles. The summed E-state index contributed by atoms with van der Waals surface area (Å²) in [4.78, 5) is 11.2. The summed E-state index contributed by atoms with van der Waals surface area (Å²) in [5.41, 5.74) is 5.34. The van der Waals surface area contributed by atoms with Gasteiger partial charge in [-0.1, -0.05) is 0 Å². The lowest BCUT2D eigenvalue weighted by Gasteiger charge is -2.26. The third-order valence-electron chi connectivity index (χ3n) is 2.29. The van der Waals surface area contributed by atoms with Crippen LogP contribution in [0.5, 0.6) is 0 Å². The first-order chi connectivity index (χ1) is 6.33. The minimum atomic E-state index is 0.184. The maximum Gasteiger partial charge on any atom is 0.220 e. The molecule has 0 aromatic carbocycles. The van der Waals surface area contributed by atoms with Crippen LogP contribution in [0.15, 0.2) is 0 Å². The van der Waals surface area contributed by atoms with Crippen LogP contribution in [0.4, 0.5) is 0 Å². The fraction of sp³-hybridized carbons (Fsp3) is 0.889. The SMILES string of the molecule is NCCCCNC(=O)CC1CNC1. The highest BCUT2D eigenvalue weighted by atomic mass is 16.1. The Morgan fingerprint density at radius 2 is 2.23 bits per heavy atom.